The van der Waals surface area contributed by atoms with Gasteiger partial charge in [-0.05, 0) is 47.8 Å². The van der Waals surface area contributed by atoms with Gasteiger partial charge in [0.15, 0.2) is 0 Å². The fourth-order valence-corrected chi connectivity index (χ4v) is 5.35. The molecular weight excluding hydrogens is 336 g/mol. The number of amides is 1. The van der Waals surface area contributed by atoms with Gasteiger partial charge in [-0.25, -0.2) is 0 Å². The Hall–Kier alpha value is -1.55. The van der Waals surface area contributed by atoms with Crippen molar-refractivity contribution >= 4 is 23.2 Å². The van der Waals surface area contributed by atoms with Crippen LogP contribution in [-0.4, -0.2) is 35.2 Å². The topological polar surface area (TPSA) is 41.9 Å². The number of likely N-dealkylation sites (tertiary alicyclic amines) is 1. The molecule has 1 aromatic rings. The Balaban J connectivity index is 1.46. The van der Waals surface area contributed by atoms with Crippen molar-refractivity contribution < 1.29 is 9.63 Å². The van der Waals surface area contributed by atoms with Crippen LogP contribution in [0.5, 0.6) is 0 Å². The summed E-state index contributed by atoms with van der Waals surface area (Å²) in [5.41, 5.74) is 2.33. The first kappa shape index (κ1) is 16.9. The maximum absolute atomic E-state index is 13.1. The lowest BCUT2D eigenvalue weighted by molar-refractivity contribution is -0.143. The summed E-state index contributed by atoms with van der Waals surface area (Å²) < 4.78 is 0. The van der Waals surface area contributed by atoms with E-state index in [0.717, 1.165) is 30.7 Å². The van der Waals surface area contributed by atoms with Gasteiger partial charge in [-0.1, -0.05) is 49.7 Å². The quantitative estimate of drug-likeness (QED) is 0.790. The zero-order chi connectivity index (χ0) is 17.8. The molecule has 3 atom stereocenters. The molecule has 0 unspecified atom stereocenters. The minimum absolute atomic E-state index is 0.0964. The maximum Gasteiger partial charge on any atom is 0.267 e. The molecule has 0 N–H and O–H groups in total. The van der Waals surface area contributed by atoms with Gasteiger partial charge in [-0.15, -0.1) is 0 Å². The Bertz CT molecular complexity index is 728. The van der Waals surface area contributed by atoms with Crippen LogP contribution in [0.15, 0.2) is 29.4 Å². The summed E-state index contributed by atoms with van der Waals surface area (Å²) in [5, 5.41) is 4.86. The average molecular weight is 361 g/mol. The van der Waals surface area contributed by atoms with Gasteiger partial charge in [0, 0.05) is 24.0 Å². The summed E-state index contributed by atoms with van der Waals surface area (Å²) in [6.07, 6.45) is 3.41. The van der Waals surface area contributed by atoms with Crippen LogP contribution in [0, 0.1) is 10.8 Å². The van der Waals surface area contributed by atoms with Crippen molar-refractivity contribution in [2.75, 3.05) is 6.54 Å². The summed E-state index contributed by atoms with van der Waals surface area (Å²) in [6.45, 7) is 7.80. The largest absolute Gasteiger partial charge is 0.382 e. The van der Waals surface area contributed by atoms with E-state index in [2.05, 4.69) is 30.8 Å². The fourth-order valence-electron chi connectivity index (χ4n) is 5.23. The molecule has 4 nitrogen and oxygen atoms in total. The second-order valence-electron chi connectivity index (χ2n) is 9.02. The van der Waals surface area contributed by atoms with Crippen molar-refractivity contribution in [1.82, 2.24) is 4.90 Å². The van der Waals surface area contributed by atoms with Crippen LogP contribution in [0.1, 0.15) is 52.0 Å². The number of hydrogen-bond donors (Lipinski definition) is 0. The molecule has 1 aromatic carbocycles. The molecule has 2 heterocycles. The molecule has 2 aliphatic heterocycles. The molecule has 2 bridgehead atoms. The highest BCUT2D eigenvalue weighted by Gasteiger charge is 2.52. The molecule has 3 aliphatic rings. The standard InChI is InChI=1S/C20H25ClN2O2/c1-19(2)9-15-10-20(3,11-19)12-23(15)18(24)17-8-16(22-25-17)13-4-6-14(21)7-5-13/h4-7,15,17H,8-12H2,1-3H3/t15-,17+,20-/m1/s1. The van der Waals surface area contributed by atoms with E-state index in [-0.39, 0.29) is 11.3 Å². The first-order valence-electron chi connectivity index (χ1n) is 9.04. The van der Waals surface area contributed by atoms with E-state index >= 15 is 0 Å². The van der Waals surface area contributed by atoms with Crippen LogP contribution in [0.25, 0.3) is 0 Å². The number of fused-ring (bicyclic) bond motifs is 2. The summed E-state index contributed by atoms with van der Waals surface area (Å²) in [7, 11) is 0. The Labute approximate surface area is 154 Å². The summed E-state index contributed by atoms with van der Waals surface area (Å²) >= 11 is 5.94. The Morgan fingerprint density at radius 1 is 1.24 bits per heavy atom. The van der Waals surface area contributed by atoms with E-state index < -0.39 is 6.10 Å². The second kappa shape index (κ2) is 5.73. The normalized spacial score (nSPS) is 33.1. The molecule has 4 rings (SSSR count). The van der Waals surface area contributed by atoms with Crippen LogP contribution in [0.3, 0.4) is 0 Å². The van der Waals surface area contributed by atoms with Gasteiger partial charge in [-0.2, -0.15) is 0 Å². The van der Waals surface area contributed by atoms with E-state index in [1.165, 1.54) is 6.42 Å². The van der Waals surface area contributed by atoms with Crippen molar-refractivity contribution in [3.63, 3.8) is 0 Å². The molecule has 25 heavy (non-hydrogen) atoms. The highest BCUT2D eigenvalue weighted by Crippen LogP contribution is 2.52. The number of halogens is 1. The number of nitrogens with zero attached hydrogens (tertiary/aromatic N) is 2. The highest BCUT2D eigenvalue weighted by molar-refractivity contribution is 6.30. The molecular formula is C20H25ClN2O2. The molecule has 5 heteroatoms. The van der Waals surface area contributed by atoms with Crippen LogP contribution in [0.4, 0.5) is 0 Å². The second-order valence-corrected chi connectivity index (χ2v) is 9.46. The smallest absolute Gasteiger partial charge is 0.267 e. The number of carbonyl (C=O) groups excluding carboxylic acids is 1. The number of benzene rings is 1. The first-order chi connectivity index (χ1) is 11.7. The minimum Gasteiger partial charge on any atom is -0.382 e. The predicted octanol–water partition coefficient (Wildman–Crippen LogP) is 4.26. The molecule has 0 spiro atoms. The Morgan fingerprint density at radius 3 is 2.68 bits per heavy atom. The molecule has 1 aliphatic carbocycles. The van der Waals surface area contributed by atoms with Crippen LogP contribution >= 0.6 is 11.6 Å². The van der Waals surface area contributed by atoms with E-state index in [9.17, 15) is 4.79 Å². The molecule has 0 radical (unpaired) electrons. The Morgan fingerprint density at radius 2 is 1.96 bits per heavy atom. The van der Waals surface area contributed by atoms with Gasteiger partial charge in [0.25, 0.3) is 5.91 Å². The lowest BCUT2D eigenvalue weighted by Gasteiger charge is -2.39. The van der Waals surface area contributed by atoms with Gasteiger partial charge < -0.3 is 9.74 Å². The van der Waals surface area contributed by atoms with E-state index in [1.807, 2.05) is 24.3 Å². The van der Waals surface area contributed by atoms with Crippen molar-refractivity contribution in [2.45, 2.75) is 58.6 Å². The lowest BCUT2D eigenvalue weighted by atomic mass is 9.65. The molecule has 1 saturated carbocycles. The third-order valence-corrected chi connectivity index (χ3v) is 6.07. The third kappa shape index (κ3) is 3.17. The van der Waals surface area contributed by atoms with E-state index in [4.69, 9.17) is 16.4 Å². The maximum atomic E-state index is 13.1. The number of hydrogen-bond acceptors (Lipinski definition) is 3. The van der Waals surface area contributed by atoms with Crippen LogP contribution in [-0.2, 0) is 9.63 Å². The number of oxime groups is 1. The molecule has 2 fully saturated rings. The van der Waals surface area contributed by atoms with E-state index in [1.54, 1.807) is 0 Å². The zero-order valence-corrected chi connectivity index (χ0v) is 15.8. The molecule has 1 amide bonds. The summed E-state index contributed by atoms with van der Waals surface area (Å²) in [5.74, 6) is 0.0964. The van der Waals surface area contributed by atoms with Gasteiger partial charge in [0.2, 0.25) is 6.10 Å². The van der Waals surface area contributed by atoms with Gasteiger partial charge in [-0.3, -0.25) is 4.79 Å². The summed E-state index contributed by atoms with van der Waals surface area (Å²) in [6, 6.07) is 7.85. The number of rotatable bonds is 2. The molecule has 134 valence electrons. The predicted molar refractivity (Wildman–Crippen MR) is 98.7 cm³/mol. The van der Waals surface area contributed by atoms with Crippen LogP contribution in [0.2, 0.25) is 5.02 Å². The van der Waals surface area contributed by atoms with Crippen molar-refractivity contribution in [1.29, 1.82) is 0 Å². The van der Waals surface area contributed by atoms with Gasteiger partial charge in [0.05, 0.1) is 5.71 Å². The third-order valence-electron chi connectivity index (χ3n) is 5.82. The highest BCUT2D eigenvalue weighted by atomic mass is 35.5. The fraction of sp³-hybridized carbons (Fsp3) is 0.600. The average Bonchev–Trinajstić information content (AvgIpc) is 3.09. The van der Waals surface area contributed by atoms with Crippen molar-refractivity contribution in [3.8, 4) is 0 Å². The SMILES string of the molecule is CC1(C)C[C@@H]2C[C@@](C)(CN2C(=O)[C@@H]2CC(c3ccc(Cl)cc3)=NO2)C1. The first-order valence-corrected chi connectivity index (χ1v) is 9.42. The van der Waals surface area contributed by atoms with Crippen LogP contribution < -0.4 is 0 Å². The summed E-state index contributed by atoms with van der Waals surface area (Å²) in [4.78, 5) is 20.7. The molecule has 1 saturated heterocycles. The van der Waals surface area contributed by atoms with Crippen molar-refractivity contribution in [3.05, 3.63) is 34.9 Å². The monoisotopic (exact) mass is 360 g/mol. The molecule has 0 aromatic heterocycles. The lowest BCUT2D eigenvalue weighted by Crippen LogP contribution is -2.43. The van der Waals surface area contributed by atoms with Crippen molar-refractivity contribution in [2.24, 2.45) is 16.0 Å². The van der Waals surface area contributed by atoms with E-state index in [0.29, 0.717) is 22.9 Å². The van der Waals surface area contributed by atoms with Gasteiger partial charge in [0.1, 0.15) is 0 Å². The minimum atomic E-state index is -0.489. The Kier molecular flexibility index (Phi) is 3.87. The van der Waals surface area contributed by atoms with Gasteiger partial charge >= 0.3 is 0 Å². The number of carbonyl (C=O) groups is 1. The zero-order valence-electron chi connectivity index (χ0n) is 15.1.